The maximum absolute atomic E-state index is 12.7. The molecule has 0 aromatic heterocycles. The first-order valence-corrected chi connectivity index (χ1v) is 9.88. The molecule has 0 saturated carbocycles. The van der Waals surface area contributed by atoms with E-state index in [1.165, 1.54) is 4.90 Å². The van der Waals surface area contributed by atoms with Crippen molar-refractivity contribution >= 4 is 5.91 Å². The molecule has 1 unspecified atom stereocenters. The summed E-state index contributed by atoms with van der Waals surface area (Å²) in [5.41, 5.74) is 0. The summed E-state index contributed by atoms with van der Waals surface area (Å²) in [4.78, 5) is 14.1. The van der Waals surface area contributed by atoms with Crippen molar-refractivity contribution in [1.82, 2.24) is 4.90 Å². The molecule has 0 spiro atoms. The van der Waals surface area contributed by atoms with Gasteiger partial charge >= 0.3 is 0 Å². The molecule has 156 valence electrons. The van der Waals surface area contributed by atoms with Crippen molar-refractivity contribution in [3.05, 3.63) is 0 Å². The molecule has 0 rings (SSSR count). The highest BCUT2D eigenvalue weighted by Crippen LogP contribution is 2.20. The number of nitrogens with zero attached hydrogens (tertiary/aromatic N) is 1. The molecular weight excluding hydrogens is 338 g/mol. The van der Waals surface area contributed by atoms with E-state index in [0.717, 1.165) is 51.4 Å². The Morgan fingerprint density at radius 2 is 1.38 bits per heavy atom. The molecule has 0 aliphatic rings. The average Bonchev–Trinajstić information content (AvgIpc) is 2.64. The molecule has 1 amide bonds. The highest BCUT2D eigenvalue weighted by molar-refractivity contribution is 5.78. The van der Waals surface area contributed by atoms with Crippen LogP contribution in [0.2, 0.25) is 0 Å². The molecule has 0 radical (unpaired) electrons. The number of hydrogen-bond donors (Lipinski definition) is 5. The van der Waals surface area contributed by atoms with Crippen LogP contribution in [0.4, 0.5) is 0 Å². The van der Waals surface area contributed by atoms with Crippen LogP contribution in [0.25, 0.3) is 0 Å². The van der Waals surface area contributed by atoms with Gasteiger partial charge in [-0.1, -0.05) is 52.4 Å². The van der Waals surface area contributed by atoms with Gasteiger partial charge < -0.3 is 30.4 Å². The predicted molar refractivity (Wildman–Crippen MR) is 101 cm³/mol. The summed E-state index contributed by atoms with van der Waals surface area (Å²) in [5, 5.41) is 47.8. The van der Waals surface area contributed by atoms with Crippen molar-refractivity contribution in [2.75, 3.05) is 20.2 Å². The summed E-state index contributed by atoms with van der Waals surface area (Å²) in [5.74, 6) is -0.174. The Morgan fingerprint density at radius 3 is 1.92 bits per heavy atom. The van der Waals surface area contributed by atoms with E-state index in [2.05, 4.69) is 13.8 Å². The number of rotatable bonds is 15. The summed E-state index contributed by atoms with van der Waals surface area (Å²) in [6, 6.07) is 0. The fraction of sp³-hybridized carbons (Fsp3) is 0.947. The van der Waals surface area contributed by atoms with Crippen molar-refractivity contribution in [1.29, 1.82) is 0 Å². The minimum atomic E-state index is -1.68. The van der Waals surface area contributed by atoms with Crippen LogP contribution in [-0.4, -0.2) is 81.0 Å². The first-order valence-electron chi connectivity index (χ1n) is 9.88. The second-order valence-corrected chi connectivity index (χ2v) is 7.21. The molecule has 0 heterocycles. The number of aliphatic hydroxyl groups excluding tert-OH is 5. The number of hydrogen-bond acceptors (Lipinski definition) is 6. The smallest absolute Gasteiger partial charge is 0.225 e. The highest BCUT2D eigenvalue weighted by Gasteiger charge is 2.32. The minimum absolute atomic E-state index is 0.0709. The van der Waals surface area contributed by atoms with E-state index >= 15 is 0 Å². The van der Waals surface area contributed by atoms with Gasteiger partial charge in [-0.25, -0.2) is 0 Å². The molecule has 0 aliphatic heterocycles. The lowest BCUT2D eigenvalue weighted by atomic mass is 9.93. The van der Waals surface area contributed by atoms with Crippen molar-refractivity contribution in [2.45, 2.75) is 89.6 Å². The number of carbonyl (C=O) groups is 1. The van der Waals surface area contributed by atoms with Gasteiger partial charge in [-0.2, -0.15) is 0 Å². The van der Waals surface area contributed by atoms with Crippen LogP contribution < -0.4 is 0 Å². The van der Waals surface area contributed by atoms with E-state index < -0.39 is 31.0 Å². The van der Waals surface area contributed by atoms with Gasteiger partial charge in [0.25, 0.3) is 0 Å². The third-order valence-corrected chi connectivity index (χ3v) is 4.82. The zero-order chi connectivity index (χ0) is 20.1. The van der Waals surface area contributed by atoms with Gasteiger partial charge in [0.15, 0.2) is 0 Å². The van der Waals surface area contributed by atoms with Crippen molar-refractivity contribution < 1.29 is 30.3 Å². The molecule has 7 nitrogen and oxygen atoms in total. The normalized spacial score (nSPS) is 17.4. The van der Waals surface area contributed by atoms with Gasteiger partial charge in [0.05, 0.1) is 6.61 Å². The van der Waals surface area contributed by atoms with Gasteiger partial charge in [0.2, 0.25) is 5.91 Å². The first kappa shape index (κ1) is 25.3. The average molecular weight is 378 g/mol. The summed E-state index contributed by atoms with van der Waals surface area (Å²) < 4.78 is 0. The van der Waals surface area contributed by atoms with Crippen molar-refractivity contribution in [2.24, 2.45) is 5.92 Å². The van der Waals surface area contributed by atoms with Gasteiger partial charge in [-0.05, 0) is 12.8 Å². The van der Waals surface area contributed by atoms with Crippen molar-refractivity contribution in [3.8, 4) is 0 Å². The maximum Gasteiger partial charge on any atom is 0.225 e. The van der Waals surface area contributed by atoms with E-state index in [0.29, 0.717) is 0 Å². The number of amides is 1. The lowest BCUT2D eigenvalue weighted by Crippen LogP contribution is -2.50. The fourth-order valence-electron chi connectivity index (χ4n) is 3.01. The zero-order valence-electron chi connectivity index (χ0n) is 16.5. The van der Waals surface area contributed by atoms with Gasteiger partial charge in [-0.15, -0.1) is 0 Å². The second-order valence-electron chi connectivity index (χ2n) is 7.21. The van der Waals surface area contributed by atoms with Crippen LogP contribution in [0.5, 0.6) is 0 Å². The Labute approximate surface area is 157 Å². The standard InChI is InChI=1S/C19H39NO6/c1-4-6-8-9-11-14(10-7-5-2)19(26)20(3)12-15(22)17(24)18(25)16(23)13-21/h14-18,21-25H,4-13H2,1-3H3/t14?,15-,16+,17+,18+/m0/s1. The lowest BCUT2D eigenvalue weighted by Gasteiger charge is -2.30. The number of aliphatic hydroxyl groups is 5. The van der Waals surface area contributed by atoms with Crippen LogP contribution in [0.1, 0.15) is 65.2 Å². The van der Waals surface area contributed by atoms with Gasteiger partial charge in [-0.3, -0.25) is 4.79 Å². The van der Waals surface area contributed by atoms with Gasteiger partial charge in [0.1, 0.15) is 24.4 Å². The van der Waals surface area contributed by atoms with Crippen LogP contribution >= 0.6 is 0 Å². The predicted octanol–water partition coefficient (Wildman–Crippen LogP) is 0.657. The summed E-state index contributed by atoms with van der Waals surface area (Å²) in [7, 11) is 1.57. The molecule has 0 saturated heterocycles. The molecule has 0 bridgehead atoms. The Hall–Kier alpha value is -0.730. The van der Waals surface area contributed by atoms with Crippen LogP contribution in [0.3, 0.4) is 0 Å². The lowest BCUT2D eigenvalue weighted by molar-refractivity contribution is -0.142. The second kappa shape index (κ2) is 14.3. The maximum atomic E-state index is 12.7. The Bertz CT molecular complexity index is 368. The quantitative estimate of drug-likeness (QED) is 0.267. The topological polar surface area (TPSA) is 121 Å². The molecular formula is C19H39NO6. The van der Waals surface area contributed by atoms with Crippen LogP contribution in [-0.2, 0) is 4.79 Å². The third-order valence-electron chi connectivity index (χ3n) is 4.82. The Kier molecular flexibility index (Phi) is 13.9. The summed E-state index contributed by atoms with van der Waals surface area (Å²) in [6.07, 6.45) is 1.69. The van der Waals surface area contributed by atoms with Crippen LogP contribution in [0.15, 0.2) is 0 Å². The van der Waals surface area contributed by atoms with E-state index in [1.54, 1.807) is 7.05 Å². The number of carbonyl (C=O) groups excluding carboxylic acids is 1. The van der Waals surface area contributed by atoms with E-state index in [1.807, 2.05) is 0 Å². The molecule has 0 aromatic carbocycles. The largest absolute Gasteiger partial charge is 0.394 e. The molecule has 26 heavy (non-hydrogen) atoms. The Morgan fingerprint density at radius 1 is 0.846 bits per heavy atom. The molecule has 0 aliphatic carbocycles. The zero-order valence-corrected chi connectivity index (χ0v) is 16.5. The van der Waals surface area contributed by atoms with E-state index in [4.69, 9.17) is 5.11 Å². The first-order chi connectivity index (χ1) is 12.3. The molecule has 5 N–H and O–H groups in total. The highest BCUT2D eigenvalue weighted by atomic mass is 16.4. The fourth-order valence-corrected chi connectivity index (χ4v) is 3.01. The summed E-state index contributed by atoms with van der Waals surface area (Å²) in [6.45, 7) is 3.35. The van der Waals surface area contributed by atoms with E-state index in [-0.39, 0.29) is 18.4 Å². The molecule has 5 atom stereocenters. The molecule has 0 aromatic rings. The molecule has 7 heteroatoms. The third kappa shape index (κ3) is 9.28. The monoisotopic (exact) mass is 377 g/mol. The number of likely N-dealkylation sites (N-methyl/N-ethyl adjacent to an activating group) is 1. The van der Waals surface area contributed by atoms with Gasteiger partial charge in [0, 0.05) is 19.5 Å². The van der Waals surface area contributed by atoms with Crippen molar-refractivity contribution in [3.63, 3.8) is 0 Å². The summed E-state index contributed by atoms with van der Waals surface area (Å²) >= 11 is 0. The molecule has 0 fully saturated rings. The minimum Gasteiger partial charge on any atom is -0.394 e. The Balaban J connectivity index is 4.67. The SMILES string of the molecule is CCCCCCC(CCCC)C(=O)N(C)C[C@H](O)[C@@H](O)[C@H](O)[C@H](O)CO. The number of unbranched alkanes of at least 4 members (excludes halogenated alkanes) is 4. The van der Waals surface area contributed by atoms with Crippen LogP contribution in [0, 0.1) is 5.92 Å². The van der Waals surface area contributed by atoms with E-state index in [9.17, 15) is 25.2 Å².